The number of ether oxygens (including phenoxy) is 4. The van der Waals surface area contributed by atoms with Crippen molar-refractivity contribution in [1.29, 1.82) is 0 Å². The van der Waals surface area contributed by atoms with Crippen LogP contribution in [0.3, 0.4) is 0 Å². The lowest BCUT2D eigenvalue weighted by Gasteiger charge is -2.28. The number of hydrogen-bond acceptors (Lipinski definition) is 9. The van der Waals surface area contributed by atoms with E-state index in [-0.39, 0.29) is 45.5 Å². The van der Waals surface area contributed by atoms with E-state index in [9.17, 15) is 19.2 Å². The van der Waals surface area contributed by atoms with Gasteiger partial charge in [0.05, 0.1) is 21.3 Å². The Kier molecular flexibility index (Phi) is 11.1. The normalized spacial score (nSPS) is 12.8. The second-order valence-corrected chi connectivity index (χ2v) is 12.2. The summed E-state index contributed by atoms with van der Waals surface area (Å²) in [5.74, 6) is -0.504. The van der Waals surface area contributed by atoms with Gasteiger partial charge in [-0.3, -0.25) is 14.4 Å². The summed E-state index contributed by atoms with van der Waals surface area (Å²) < 4.78 is 27.6. The number of benzene rings is 2. The average Bonchev–Trinajstić information content (AvgIpc) is 2.96. The van der Waals surface area contributed by atoms with E-state index in [0.717, 1.165) is 0 Å². The molecule has 3 amide bonds. The van der Waals surface area contributed by atoms with Crippen LogP contribution in [0.2, 0.25) is 0 Å². The van der Waals surface area contributed by atoms with E-state index in [4.69, 9.17) is 23.4 Å². The fourth-order valence-electron chi connectivity index (χ4n) is 4.65. The van der Waals surface area contributed by atoms with Crippen molar-refractivity contribution in [2.75, 3.05) is 26.6 Å². The van der Waals surface area contributed by atoms with E-state index in [1.807, 2.05) is 0 Å². The number of nitrogens with one attached hydrogen (secondary N) is 3. The summed E-state index contributed by atoms with van der Waals surface area (Å²) in [5, 5.41) is 8.42. The number of amides is 3. The van der Waals surface area contributed by atoms with Crippen LogP contribution in [-0.2, 0) is 14.3 Å². The molecule has 0 bridgehead atoms. The molecule has 0 saturated carbocycles. The van der Waals surface area contributed by atoms with Gasteiger partial charge in [-0.05, 0) is 44.7 Å². The van der Waals surface area contributed by atoms with Crippen molar-refractivity contribution in [3.63, 3.8) is 0 Å². The molecule has 0 fully saturated rings. The van der Waals surface area contributed by atoms with E-state index in [1.165, 1.54) is 27.4 Å². The average molecular weight is 626 g/mol. The Morgan fingerprint density at radius 1 is 0.800 bits per heavy atom. The highest BCUT2D eigenvalue weighted by atomic mass is 16.6. The third-order valence-corrected chi connectivity index (χ3v) is 6.81. The zero-order chi connectivity index (χ0) is 33.6. The van der Waals surface area contributed by atoms with Crippen LogP contribution in [0.15, 0.2) is 45.6 Å². The summed E-state index contributed by atoms with van der Waals surface area (Å²) >= 11 is 0. The maximum atomic E-state index is 13.4. The van der Waals surface area contributed by atoms with Crippen LogP contribution in [0.25, 0.3) is 22.3 Å². The van der Waals surface area contributed by atoms with E-state index in [0.29, 0.717) is 17.0 Å². The first kappa shape index (κ1) is 34.7. The SMILES string of the molecule is COc1cc2oc(-c3cccc(NC(=O)[C@@H](NC(=O)[C@@H](NC(=O)OC(C)(C)C)C(C)C)C(C)C)c3)cc(=O)c2c(OC)c1OC. The van der Waals surface area contributed by atoms with Crippen molar-refractivity contribution < 1.29 is 37.7 Å². The topological polar surface area (TPSA) is 154 Å². The molecule has 12 heteroatoms. The molecule has 1 aromatic heterocycles. The van der Waals surface area contributed by atoms with Crippen LogP contribution in [-0.4, -0.2) is 56.9 Å². The maximum Gasteiger partial charge on any atom is 0.408 e. The molecule has 0 aliphatic carbocycles. The van der Waals surface area contributed by atoms with E-state index in [2.05, 4.69) is 16.0 Å². The molecule has 3 rings (SSSR count). The number of carbonyl (C=O) groups excluding carboxylic acids is 3. The highest BCUT2D eigenvalue weighted by Crippen LogP contribution is 2.42. The quantitative estimate of drug-likeness (QED) is 0.264. The van der Waals surface area contributed by atoms with E-state index in [1.54, 1.807) is 78.8 Å². The minimum atomic E-state index is -0.926. The Balaban J connectivity index is 1.87. The molecule has 0 spiro atoms. The Hall–Kier alpha value is -4.74. The van der Waals surface area contributed by atoms with Crippen molar-refractivity contribution in [3.05, 3.63) is 46.6 Å². The van der Waals surface area contributed by atoms with Gasteiger partial charge < -0.3 is 39.3 Å². The number of carbonyl (C=O) groups is 3. The molecule has 244 valence electrons. The molecule has 0 radical (unpaired) electrons. The molecule has 0 aliphatic heterocycles. The Morgan fingerprint density at radius 2 is 1.42 bits per heavy atom. The van der Waals surface area contributed by atoms with Crippen LogP contribution in [0, 0.1) is 11.8 Å². The monoisotopic (exact) mass is 625 g/mol. The van der Waals surface area contributed by atoms with Gasteiger partial charge in [0.1, 0.15) is 34.4 Å². The molecule has 2 aromatic carbocycles. The number of alkyl carbamates (subject to hydrolysis) is 1. The number of hydrogen-bond donors (Lipinski definition) is 3. The summed E-state index contributed by atoms with van der Waals surface area (Å²) in [4.78, 5) is 52.2. The molecule has 2 atom stereocenters. The molecule has 0 saturated heterocycles. The molecule has 12 nitrogen and oxygen atoms in total. The van der Waals surface area contributed by atoms with Crippen LogP contribution in [0.4, 0.5) is 10.5 Å². The fourth-order valence-corrected chi connectivity index (χ4v) is 4.65. The minimum Gasteiger partial charge on any atom is -0.493 e. The second kappa shape index (κ2) is 14.4. The summed E-state index contributed by atoms with van der Waals surface area (Å²) in [5.41, 5.74) is 0.0635. The highest BCUT2D eigenvalue weighted by molar-refractivity contribution is 5.99. The fraction of sp³-hybridized carbons (Fsp3) is 0.455. The van der Waals surface area contributed by atoms with E-state index >= 15 is 0 Å². The van der Waals surface area contributed by atoms with Crippen molar-refractivity contribution in [1.82, 2.24) is 10.6 Å². The number of anilines is 1. The second-order valence-electron chi connectivity index (χ2n) is 12.2. The third-order valence-electron chi connectivity index (χ3n) is 6.81. The minimum absolute atomic E-state index is 0.191. The lowest BCUT2D eigenvalue weighted by molar-refractivity contribution is -0.129. The first-order valence-electron chi connectivity index (χ1n) is 14.6. The molecule has 3 aromatic rings. The van der Waals surface area contributed by atoms with Gasteiger partial charge in [0.2, 0.25) is 17.6 Å². The summed E-state index contributed by atoms with van der Waals surface area (Å²) in [7, 11) is 4.33. The first-order chi connectivity index (χ1) is 21.1. The Bertz CT molecular complexity index is 1610. The maximum absolute atomic E-state index is 13.4. The molecule has 3 N–H and O–H groups in total. The van der Waals surface area contributed by atoms with E-state index < -0.39 is 35.6 Å². The number of fused-ring (bicyclic) bond motifs is 1. The highest BCUT2D eigenvalue weighted by Gasteiger charge is 2.32. The van der Waals surface area contributed by atoms with Gasteiger partial charge in [0.15, 0.2) is 16.9 Å². The van der Waals surface area contributed by atoms with Crippen LogP contribution in [0.5, 0.6) is 17.2 Å². The van der Waals surface area contributed by atoms with Crippen molar-refractivity contribution in [3.8, 4) is 28.6 Å². The van der Waals surface area contributed by atoms with Gasteiger partial charge in [0.25, 0.3) is 0 Å². The predicted molar refractivity (Wildman–Crippen MR) is 171 cm³/mol. The predicted octanol–water partition coefficient (Wildman–Crippen LogP) is 5.11. The molecule has 0 aliphatic rings. The molecule has 0 unspecified atom stereocenters. The molecular formula is C33H43N3O9. The Morgan fingerprint density at radius 3 is 1.98 bits per heavy atom. The van der Waals surface area contributed by atoms with Crippen LogP contribution in [0.1, 0.15) is 48.5 Å². The Labute approximate surface area is 262 Å². The standard InChI is InChI=1S/C33H43N3O9/c1-17(2)26(35-31(39)27(18(3)4)36-32(40)45-33(5,6)7)30(38)34-20-13-11-12-19(14-20)22-15-21(37)25-23(44-22)16-24(41-8)28(42-9)29(25)43-10/h11-18,26-27H,1-10H3,(H,34,38)(H,35,39)(H,36,40)/t26-,27-/m0/s1. The van der Waals surface area contributed by atoms with Crippen molar-refractivity contribution >= 4 is 34.6 Å². The van der Waals surface area contributed by atoms with Gasteiger partial charge in [-0.2, -0.15) is 0 Å². The number of rotatable bonds is 11. The zero-order valence-electron chi connectivity index (χ0n) is 27.4. The smallest absolute Gasteiger partial charge is 0.408 e. The zero-order valence-corrected chi connectivity index (χ0v) is 27.4. The van der Waals surface area contributed by atoms with Crippen molar-refractivity contribution in [2.24, 2.45) is 11.8 Å². The van der Waals surface area contributed by atoms with Gasteiger partial charge in [-0.1, -0.05) is 39.8 Å². The molecule has 45 heavy (non-hydrogen) atoms. The lowest BCUT2D eigenvalue weighted by atomic mass is 9.99. The van der Waals surface area contributed by atoms with Gasteiger partial charge in [-0.15, -0.1) is 0 Å². The largest absolute Gasteiger partial charge is 0.493 e. The van der Waals surface area contributed by atoms with Gasteiger partial charge in [-0.25, -0.2) is 4.79 Å². The summed E-state index contributed by atoms with van der Waals surface area (Å²) in [6.07, 6.45) is -0.727. The third kappa shape index (κ3) is 8.46. The van der Waals surface area contributed by atoms with Crippen molar-refractivity contribution in [2.45, 2.75) is 66.2 Å². The van der Waals surface area contributed by atoms with Gasteiger partial charge >= 0.3 is 6.09 Å². The van der Waals surface area contributed by atoms with Crippen LogP contribution >= 0.6 is 0 Å². The summed E-state index contributed by atoms with van der Waals surface area (Å²) in [6.45, 7) is 12.3. The molecular weight excluding hydrogens is 582 g/mol. The van der Waals surface area contributed by atoms with Gasteiger partial charge in [0, 0.05) is 23.4 Å². The van der Waals surface area contributed by atoms with Crippen LogP contribution < -0.4 is 35.6 Å². The molecule has 1 heterocycles. The summed E-state index contributed by atoms with van der Waals surface area (Å²) in [6, 6.07) is 7.80. The first-order valence-corrected chi connectivity index (χ1v) is 14.6. The lowest BCUT2D eigenvalue weighted by Crippen LogP contribution is -2.56. The number of methoxy groups -OCH3 is 3.